The molecule has 1 aliphatic rings. The molecule has 2 N–H and O–H groups in total. The molecule has 0 unspecified atom stereocenters. The molecule has 1 saturated carbocycles. The summed E-state index contributed by atoms with van der Waals surface area (Å²) in [5.41, 5.74) is 1.85. The van der Waals surface area contributed by atoms with Crippen molar-refractivity contribution in [1.82, 2.24) is 0 Å². The number of nitrogens with one attached hydrogen (secondary N) is 2. The number of Topliss-reactive ketones (excluding diaryl/α,β-unsaturated/α-hetero) is 1. The largest absolute Gasteiger partial charge is 0.326 e. The fourth-order valence-corrected chi connectivity index (χ4v) is 5.19. The van der Waals surface area contributed by atoms with E-state index in [0.717, 1.165) is 57.1 Å². The topological polar surface area (TPSA) is 75.3 Å². The molecule has 0 heterocycles. The number of allylic oxidation sites excluding steroid dienone is 2. The highest BCUT2D eigenvalue weighted by Crippen LogP contribution is 2.34. The van der Waals surface area contributed by atoms with Gasteiger partial charge in [-0.15, -0.1) is 0 Å². The van der Waals surface area contributed by atoms with Gasteiger partial charge in [-0.05, 0) is 68.4 Å². The average Bonchev–Trinajstić information content (AvgIpc) is 3.27. The number of carbonyl (C=O) groups is 3. The van der Waals surface area contributed by atoms with Crippen molar-refractivity contribution in [2.24, 2.45) is 11.8 Å². The van der Waals surface area contributed by atoms with Gasteiger partial charge in [-0.25, -0.2) is 0 Å². The Bertz CT molecular complexity index is 1050. The van der Waals surface area contributed by atoms with Crippen molar-refractivity contribution in [3.8, 4) is 0 Å². The van der Waals surface area contributed by atoms with Gasteiger partial charge in [0.15, 0.2) is 0 Å². The third-order valence-corrected chi connectivity index (χ3v) is 7.37. The first-order valence-electron chi connectivity index (χ1n) is 14.5. The van der Waals surface area contributed by atoms with Crippen molar-refractivity contribution in [2.75, 3.05) is 10.6 Å². The summed E-state index contributed by atoms with van der Waals surface area (Å²) < 4.78 is 0. The minimum atomic E-state index is -0.210. The van der Waals surface area contributed by atoms with Gasteiger partial charge in [0.05, 0.1) is 0 Å². The van der Waals surface area contributed by atoms with Crippen molar-refractivity contribution < 1.29 is 14.4 Å². The van der Waals surface area contributed by atoms with Crippen LogP contribution in [0.2, 0.25) is 0 Å². The van der Waals surface area contributed by atoms with Gasteiger partial charge in [0.25, 0.3) is 5.91 Å². The predicted molar refractivity (Wildman–Crippen MR) is 156 cm³/mol. The highest BCUT2D eigenvalue weighted by atomic mass is 16.2. The quantitative estimate of drug-likeness (QED) is 0.174. The summed E-state index contributed by atoms with van der Waals surface area (Å²) in [6.45, 7) is 2.23. The Kier molecular flexibility index (Phi) is 12.8. The van der Waals surface area contributed by atoms with Crippen LogP contribution in [0.3, 0.4) is 0 Å². The van der Waals surface area contributed by atoms with Gasteiger partial charge in [-0.1, -0.05) is 81.9 Å². The highest BCUT2D eigenvalue weighted by Gasteiger charge is 2.32. The van der Waals surface area contributed by atoms with E-state index in [1.165, 1.54) is 25.7 Å². The first kappa shape index (κ1) is 29.3. The summed E-state index contributed by atoms with van der Waals surface area (Å²) in [4.78, 5) is 37.3. The maximum absolute atomic E-state index is 12.5. The number of anilines is 2. The average molecular weight is 517 g/mol. The number of hydrogen-bond donors (Lipinski definition) is 2. The van der Waals surface area contributed by atoms with Crippen molar-refractivity contribution in [1.29, 1.82) is 0 Å². The van der Waals surface area contributed by atoms with Crippen LogP contribution in [0.25, 0.3) is 0 Å². The third kappa shape index (κ3) is 10.3. The lowest BCUT2D eigenvalue weighted by Crippen LogP contribution is -2.14. The molecule has 5 nitrogen and oxygen atoms in total. The first-order valence-corrected chi connectivity index (χ1v) is 14.5. The molecule has 204 valence electrons. The van der Waals surface area contributed by atoms with Gasteiger partial charge < -0.3 is 10.6 Å². The molecule has 0 radical (unpaired) electrons. The maximum atomic E-state index is 12.5. The molecule has 0 spiro atoms. The molecular weight excluding hydrogens is 472 g/mol. The summed E-state index contributed by atoms with van der Waals surface area (Å²) in [5.74, 6) is 0.796. The van der Waals surface area contributed by atoms with E-state index in [9.17, 15) is 14.4 Å². The summed E-state index contributed by atoms with van der Waals surface area (Å²) in [6.07, 6.45) is 17.9. The second-order valence-corrected chi connectivity index (χ2v) is 10.5. The van der Waals surface area contributed by atoms with Crippen LogP contribution in [0, 0.1) is 11.8 Å². The molecule has 0 saturated heterocycles. The van der Waals surface area contributed by atoms with Crippen molar-refractivity contribution in [3.05, 3.63) is 72.3 Å². The molecule has 1 fully saturated rings. The van der Waals surface area contributed by atoms with Gasteiger partial charge in [0.1, 0.15) is 5.78 Å². The molecule has 2 aromatic carbocycles. The fraction of sp³-hybridized carbons (Fsp3) is 0.485. The van der Waals surface area contributed by atoms with Crippen LogP contribution >= 0.6 is 0 Å². The second-order valence-electron chi connectivity index (χ2n) is 10.5. The number of hydrogen-bond acceptors (Lipinski definition) is 3. The summed E-state index contributed by atoms with van der Waals surface area (Å²) in [5, 5.41) is 5.77. The molecule has 2 amide bonds. The molecular formula is C33H44N2O3. The Labute approximate surface area is 228 Å². The monoisotopic (exact) mass is 516 g/mol. The van der Waals surface area contributed by atoms with Gasteiger partial charge in [-0.3, -0.25) is 14.4 Å². The smallest absolute Gasteiger partial charge is 0.255 e. The summed E-state index contributed by atoms with van der Waals surface area (Å²) in [6, 6.07) is 16.3. The number of amides is 2. The molecule has 2 atom stereocenters. The number of ketones is 1. The Morgan fingerprint density at radius 1 is 0.868 bits per heavy atom. The number of para-hydroxylation sites is 1. The van der Waals surface area contributed by atoms with Gasteiger partial charge in [0, 0.05) is 35.7 Å². The van der Waals surface area contributed by atoms with E-state index < -0.39 is 0 Å². The van der Waals surface area contributed by atoms with E-state index in [-0.39, 0.29) is 17.7 Å². The lowest BCUT2D eigenvalue weighted by molar-refractivity contribution is -0.121. The van der Waals surface area contributed by atoms with Crippen molar-refractivity contribution in [2.45, 2.75) is 90.4 Å². The zero-order chi connectivity index (χ0) is 27.0. The van der Waals surface area contributed by atoms with E-state index in [1.807, 2.05) is 30.3 Å². The normalized spacial score (nSPS) is 17.1. The molecule has 5 heteroatoms. The molecule has 2 aromatic rings. The van der Waals surface area contributed by atoms with E-state index >= 15 is 0 Å². The van der Waals surface area contributed by atoms with Gasteiger partial charge in [0.2, 0.25) is 5.91 Å². The zero-order valence-electron chi connectivity index (χ0n) is 22.9. The summed E-state index contributed by atoms with van der Waals surface area (Å²) >= 11 is 0. The zero-order valence-corrected chi connectivity index (χ0v) is 22.9. The van der Waals surface area contributed by atoms with Crippen molar-refractivity contribution >= 4 is 29.0 Å². The van der Waals surface area contributed by atoms with Gasteiger partial charge >= 0.3 is 0 Å². The number of carbonyl (C=O) groups excluding carboxylic acids is 3. The van der Waals surface area contributed by atoms with Crippen LogP contribution in [0.1, 0.15) is 101 Å². The van der Waals surface area contributed by atoms with Gasteiger partial charge in [-0.2, -0.15) is 0 Å². The molecule has 3 rings (SSSR count). The molecule has 0 aromatic heterocycles. The number of rotatable bonds is 16. The van der Waals surface area contributed by atoms with E-state index in [0.29, 0.717) is 29.4 Å². The molecule has 0 aliphatic heterocycles. The Hall–Kier alpha value is -3.21. The van der Waals surface area contributed by atoms with Crippen LogP contribution < -0.4 is 10.6 Å². The van der Waals surface area contributed by atoms with Crippen LogP contribution in [-0.2, 0) is 9.59 Å². The van der Waals surface area contributed by atoms with Crippen molar-refractivity contribution in [3.63, 3.8) is 0 Å². The summed E-state index contributed by atoms with van der Waals surface area (Å²) in [7, 11) is 0. The maximum Gasteiger partial charge on any atom is 0.255 e. The molecule has 0 bridgehead atoms. The van der Waals surface area contributed by atoms with E-state index in [1.54, 1.807) is 24.3 Å². The van der Waals surface area contributed by atoms with E-state index in [4.69, 9.17) is 0 Å². The lowest BCUT2D eigenvalue weighted by Gasteiger charge is -2.15. The van der Waals surface area contributed by atoms with Crippen LogP contribution in [0.4, 0.5) is 11.4 Å². The van der Waals surface area contributed by atoms with Crippen LogP contribution in [0.15, 0.2) is 66.7 Å². The third-order valence-electron chi connectivity index (χ3n) is 7.37. The van der Waals surface area contributed by atoms with Crippen LogP contribution in [0.5, 0.6) is 0 Å². The minimum Gasteiger partial charge on any atom is -0.326 e. The molecule has 38 heavy (non-hydrogen) atoms. The lowest BCUT2D eigenvalue weighted by atomic mass is 9.89. The highest BCUT2D eigenvalue weighted by molar-refractivity contribution is 6.05. The second kappa shape index (κ2) is 16.6. The Morgan fingerprint density at radius 3 is 2.45 bits per heavy atom. The Morgan fingerprint density at radius 2 is 1.63 bits per heavy atom. The minimum absolute atomic E-state index is 0.0410. The first-order chi connectivity index (χ1) is 18.6. The van der Waals surface area contributed by atoms with Crippen LogP contribution in [-0.4, -0.2) is 17.6 Å². The SMILES string of the molecule is CCCCCC/C=C/[C@H]1CCC(=O)[C@@H]1CCCCCCC(=O)Nc1cccc(C(=O)Nc2ccccc2)c1. The van der Waals surface area contributed by atoms with E-state index in [2.05, 4.69) is 29.7 Å². The number of benzene rings is 2. The standard InChI is InChI=1S/C33H44N2O3/c1-2-3-4-5-6-10-16-26-23-24-31(36)30(26)21-13-7-8-14-22-32(37)34-29-20-15-17-27(25-29)33(38)35-28-18-11-9-12-19-28/h9-12,15-20,25-26,30H,2-8,13-14,21-24H2,1H3,(H,34,37)(H,35,38)/b16-10+/t26-,30+/m0/s1. The fourth-order valence-electron chi connectivity index (χ4n) is 5.19. The number of unbranched alkanes of at least 4 members (excludes halogenated alkanes) is 7. The predicted octanol–water partition coefficient (Wildman–Crippen LogP) is 8.34. The molecule has 1 aliphatic carbocycles. The Balaban J connectivity index is 1.31.